The number of nitrogens with zero attached hydrogens (tertiary/aromatic N) is 5. The number of anilines is 2. The molecule has 5 rings (SSSR count). The van der Waals surface area contributed by atoms with Crippen LogP contribution in [0.5, 0.6) is 0 Å². The highest BCUT2D eigenvalue weighted by atomic mass is 35.5. The van der Waals surface area contributed by atoms with Gasteiger partial charge in [0.2, 0.25) is 0 Å². The molecule has 8 nitrogen and oxygen atoms in total. The number of nitriles is 1. The van der Waals surface area contributed by atoms with Crippen LogP contribution in [0.15, 0.2) is 24.4 Å². The van der Waals surface area contributed by atoms with E-state index in [9.17, 15) is 5.26 Å². The van der Waals surface area contributed by atoms with E-state index < -0.39 is 0 Å². The summed E-state index contributed by atoms with van der Waals surface area (Å²) in [5, 5.41) is 14.2. The molecule has 10 heteroatoms. The highest BCUT2D eigenvalue weighted by Crippen LogP contribution is 2.38. The van der Waals surface area contributed by atoms with E-state index in [1.165, 1.54) is 38.8 Å². The number of rotatable bonds is 6. The van der Waals surface area contributed by atoms with Gasteiger partial charge in [-0.15, -0.1) is 0 Å². The molecule has 0 unspecified atom stereocenters. The van der Waals surface area contributed by atoms with E-state index in [1.54, 1.807) is 12.3 Å². The number of hydrogen-bond donors (Lipinski definition) is 1. The molecular formula is C27H32Cl2N6O2. The Morgan fingerprint density at radius 2 is 1.89 bits per heavy atom. The van der Waals surface area contributed by atoms with Gasteiger partial charge in [-0.3, -0.25) is 0 Å². The second-order valence-corrected chi connectivity index (χ2v) is 11.3. The summed E-state index contributed by atoms with van der Waals surface area (Å²) in [6.07, 6.45) is 7.22. The summed E-state index contributed by atoms with van der Waals surface area (Å²) in [7, 11) is 0. The van der Waals surface area contributed by atoms with E-state index in [4.69, 9.17) is 37.8 Å². The second-order valence-electron chi connectivity index (χ2n) is 10.4. The van der Waals surface area contributed by atoms with E-state index >= 15 is 0 Å². The Bertz CT molecular complexity index is 1170. The molecule has 1 aromatic carbocycles. The van der Waals surface area contributed by atoms with Gasteiger partial charge in [0.05, 0.1) is 12.2 Å². The molecule has 0 amide bonds. The van der Waals surface area contributed by atoms with E-state index in [2.05, 4.69) is 33.1 Å². The van der Waals surface area contributed by atoms with Gasteiger partial charge in [-0.25, -0.2) is 9.97 Å². The molecule has 3 heterocycles. The maximum Gasteiger partial charge on any atom is 0.373 e. The minimum absolute atomic E-state index is 0.0774. The van der Waals surface area contributed by atoms with E-state index in [0.717, 1.165) is 36.5 Å². The third-order valence-electron chi connectivity index (χ3n) is 7.88. The van der Waals surface area contributed by atoms with Gasteiger partial charge in [0.25, 0.3) is 0 Å². The van der Waals surface area contributed by atoms with Crippen molar-refractivity contribution in [3.63, 3.8) is 0 Å². The summed E-state index contributed by atoms with van der Waals surface area (Å²) in [5.74, 6) is 3.62. The van der Waals surface area contributed by atoms with Crippen LogP contribution in [0.25, 0.3) is 0 Å². The molecule has 1 aromatic heterocycles. The summed E-state index contributed by atoms with van der Waals surface area (Å²) in [6, 6.07) is 8.44. The van der Waals surface area contributed by atoms with Crippen molar-refractivity contribution in [2.45, 2.75) is 51.6 Å². The van der Waals surface area contributed by atoms with Crippen molar-refractivity contribution in [1.82, 2.24) is 14.9 Å². The fourth-order valence-electron chi connectivity index (χ4n) is 5.80. The van der Waals surface area contributed by atoms with Crippen LogP contribution in [0, 0.1) is 29.1 Å². The highest BCUT2D eigenvalue weighted by Gasteiger charge is 2.40. The molecule has 0 radical (unpaired) electrons. The number of aromatic nitrogens is 2. The van der Waals surface area contributed by atoms with Crippen LogP contribution in [0.1, 0.15) is 56.8 Å². The summed E-state index contributed by atoms with van der Waals surface area (Å²) < 4.78 is 0. The fraction of sp³-hybridized carbons (Fsp3) is 0.556. The van der Waals surface area contributed by atoms with Gasteiger partial charge in [0.15, 0.2) is 11.5 Å². The van der Waals surface area contributed by atoms with Gasteiger partial charge in [0.1, 0.15) is 11.9 Å². The number of benzene rings is 1. The lowest BCUT2D eigenvalue weighted by atomic mass is 9.76. The van der Waals surface area contributed by atoms with Crippen LogP contribution in [0.3, 0.4) is 0 Å². The second kappa shape index (κ2) is 12.2. The van der Waals surface area contributed by atoms with Gasteiger partial charge in [0, 0.05) is 35.7 Å². The van der Waals surface area contributed by atoms with E-state index in [0.29, 0.717) is 33.3 Å². The number of nitrogens with one attached hydrogen (secondary N) is 1. The summed E-state index contributed by atoms with van der Waals surface area (Å²) in [6.45, 7) is 8.77. The first kappa shape index (κ1) is 27.3. The first-order valence-corrected chi connectivity index (χ1v) is 13.5. The summed E-state index contributed by atoms with van der Waals surface area (Å²) >= 11 is 12.4. The Labute approximate surface area is 228 Å². The Kier molecular flexibility index (Phi) is 9.04. The van der Waals surface area contributed by atoms with Crippen molar-refractivity contribution < 1.29 is 9.59 Å². The zero-order valence-electron chi connectivity index (χ0n) is 21.2. The molecule has 2 aromatic rings. The van der Waals surface area contributed by atoms with Gasteiger partial charge in [-0.2, -0.15) is 14.9 Å². The lowest BCUT2D eigenvalue weighted by Gasteiger charge is -2.50. The topological polar surface area (TPSA) is 102 Å². The average Bonchev–Trinajstić information content (AvgIpc) is 2.82. The molecule has 37 heavy (non-hydrogen) atoms. The Morgan fingerprint density at radius 1 is 1.16 bits per heavy atom. The van der Waals surface area contributed by atoms with Gasteiger partial charge >= 0.3 is 6.15 Å². The molecule has 3 fully saturated rings. The standard InChI is InChI=1S/C26H32Cl2N6.CO2/c1-16-8-21(9-16)33-7-3-4-18(13-33)19-14-34(15-19)26-24(11-29)30-12-25(32-26)31-17(2)22-6-5-20(27)10-23(22)28;2-1-3/h5-6,10,12,16-19,21H,3-4,7-9,13-15H2,1-2H3,(H,31,32);/t16?,17-,18+,21?;/m1./s1. The molecule has 196 valence electrons. The third kappa shape index (κ3) is 6.42. The number of carbonyl (C=O) groups excluding carboxylic acids is 2. The van der Waals surface area contributed by atoms with E-state index in [-0.39, 0.29) is 12.2 Å². The van der Waals surface area contributed by atoms with Crippen molar-refractivity contribution in [3.05, 3.63) is 45.7 Å². The molecular weight excluding hydrogens is 511 g/mol. The molecule has 2 saturated heterocycles. The predicted octanol–water partition coefficient (Wildman–Crippen LogP) is 5.19. The van der Waals surface area contributed by atoms with Crippen LogP contribution in [0.4, 0.5) is 11.6 Å². The molecule has 2 aliphatic heterocycles. The van der Waals surface area contributed by atoms with Crippen molar-refractivity contribution >= 4 is 41.0 Å². The highest BCUT2D eigenvalue weighted by molar-refractivity contribution is 6.35. The third-order valence-corrected chi connectivity index (χ3v) is 8.45. The number of hydrogen-bond acceptors (Lipinski definition) is 8. The number of halogens is 2. The van der Waals surface area contributed by atoms with Crippen LogP contribution in [-0.2, 0) is 9.59 Å². The summed E-state index contributed by atoms with van der Waals surface area (Å²) in [5.41, 5.74) is 1.32. The van der Waals surface area contributed by atoms with Crippen LogP contribution >= 0.6 is 23.2 Å². The molecule has 1 aliphatic carbocycles. The molecule has 0 bridgehead atoms. The largest absolute Gasteiger partial charge is 0.373 e. The van der Waals surface area contributed by atoms with Crippen LogP contribution in [-0.4, -0.2) is 53.2 Å². The molecule has 3 aliphatic rings. The van der Waals surface area contributed by atoms with Crippen LogP contribution < -0.4 is 10.2 Å². The Balaban J connectivity index is 0.00000102. The molecule has 1 saturated carbocycles. The molecule has 0 spiro atoms. The SMILES string of the molecule is CC1CC(N2CCC[C@H](C3CN(c4nc(N[C@H](C)c5ccc(Cl)cc5Cl)cnc4C#N)C3)C2)C1.O=C=O. The first-order valence-electron chi connectivity index (χ1n) is 12.8. The van der Waals surface area contributed by atoms with Gasteiger partial charge in [-0.1, -0.05) is 36.2 Å². The Hall–Kier alpha value is -2.69. The van der Waals surface area contributed by atoms with Crippen molar-refractivity contribution in [2.75, 3.05) is 36.4 Å². The quantitative estimate of drug-likeness (QED) is 0.531. The van der Waals surface area contributed by atoms with Gasteiger partial charge in [-0.05, 0) is 74.6 Å². The van der Waals surface area contributed by atoms with Crippen molar-refractivity contribution in [3.8, 4) is 6.07 Å². The molecule has 2 atom stereocenters. The normalized spacial score (nSPS) is 24.4. The minimum atomic E-state index is -0.0774. The predicted molar refractivity (Wildman–Crippen MR) is 142 cm³/mol. The average molecular weight is 543 g/mol. The summed E-state index contributed by atoms with van der Waals surface area (Å²) in [4.78, 5) is 30.4. The first-order chi connectivity index (χ1) is 17.8. The number of likely N-dealkylation sites (tertiary alicyclic amines) is 1. The smallest absolute Gasteiger partial charge is 0.362 e. The van der Waals surface area contributed by atoms with Gasteiger partial charge < -0.3 is 15.1 Å². The lowest BCUT2D eigenvalue weighted by molar-refractivity contribution is -0.191. The van der Waals surface area contributed by atoms with Crippen LogP contribution in [0.2, 0.25) is 10.0 Å². The maximum atomic E-state index is 9.63. The Morgan fingerprint density at radius 3 is 2.54 bits per heavy atom. The minimum Gasteiger partial charge on any atom is -0.362 e. The fourth-order valence-corrected chi connectivity index (χ4v) is 6.37. The zero-order valence-corrected chi connectivity index (χ0v) is 22.7. The lowest BCUT2D eigenvalue weighted by Crippen LogP contribution is -2.56. The monoisotopic (exact) mass is 542 g/mol. The zero-order chi connectivity index (χ0) is 26.5. The number of piperidine rings is 1. The van der Waals surface area contributed by atoms with Crippen molar-refractivity contribution in [2.24, 2.45) is 17.8 Å². The van der Waals surface area contributed by atoms with E-state index in [1.807, 2.05) is 19.1 Å². The maximum absolute atomic E-state index is 9.63. The molecule has 1 N–H and O–H groups in total. The van der Waals surface area contributed by atoms with Crippen molar-refractivity contribution in [1.29, 1.82) is 5.26 Å².